The quantitative estimate of drug-likeness (QED) is 0.590. The average Bonchev–Trinajstić information content (AvgIpc) is 2.82. The number of esters is 1. The molecule has 184 valence electrons. The maximum atomic E-state index is 13.2. The summed E-state index contributed by atoms with van der Waals surface area (Å²) in [5, 5.41) is 20.8. The molecule has 0 bridgehead atoms. The first-order valence-electron chi connectivity index (χ1n) is 12.0. The van der Waals surface area contributed by atoms with Gasteiger partial charge in [0.05, 0.1) is 0 Å². The molecule has 0 saturated carbocycles. The summed E-state index contributed by atoms with van der Waals surface area (Å²) in [4.78, 5) is 13.2. The van der Waals surface area contributed by atoms with Gasteiger partial charge in [0.1, 0.15) is 35.2 Å². The summed E-state index contributed by atoms with van der Waals surface area (Å²) in [6.45, 7) is 15.2. The Labute approximate surface area is 201 Å². The minimum absolute atomic E-state index is 0.113. The van der Waals surface area contributed by atoms with Crippen molar-refractivity contribution in [1.29, 1.82) is 0 Å². The third-order valence-electron chi connectivity index (χ3n) is 8.05. The van der Waals surface area contributed by atoms with Gasteiger partial charge >= 0.3 is 5.97 Å². The summed E-state index contributed by atoms with van der Waals surface area (Å²) in [6, 6.07) is 0. The molecule has 0 saturated heterocycles. The number of carbonyl (C=O) groups is 1. The highest BCUT2D eigenvalue weighted by atomic mass is 16.6. The standard InChI is InChI=1S/C28H36O6/c1-14-16(3)24-20(18(5)22(14)29)9-11-27(7,33-24)13-32-26(31)28(8)12-10-21-19(6)23(30)15(2)17(4)25(21)34-28/h29-30H,9-13H2,1-8H3. The van der Waals surface area contributed by atoms with E-state index < -0.39 is 17.2 Å². The monoisotopic (exact) mass is 468 g/mol. The van der Waals surface area contributed by atoms with Gasteiger partial charge in [0, 0.05) is 17.5 Å². The lowest BCUT2D eigenvalue weighted by Gasteiger charge is -2.39. The Hall–Kier alpha value is -2.89. The fourth-order valence-electron chi connectivity index (χ4n) is 5.16. The molecule has 0 fully saturated rings. The van der Waals surface area contributed by atoms with E-state index in [4.69, 9.17) is 14.2 Å². The van der Waals surface area contributed by atoms with Gasteiger partial charge in [0.15, 0.2) is 0 Å². The average molecular weight is 469 g/mol. The van der Waals surface area contributed by atoms with Gasteiger partial charge < -0.3 is 24.4 Å². The van der Waals surface area contributed by atoms with Gasteiger partial charge in [-0.3, -0.25) is 0 Å². The molecule has 0 spiro atoms. The molecular weight excluding hydrogens is 432 g/mol. The first-order valence-corrected chi connectivity index (χ1v) is 12.0. The second-order valence-electron chi connectivity index (χ2n) is 10.5. The van der Waals surface area contributed by atoms with Crippen LogP contribution in [0.3, 0.4) is 0 Å². The van der Waals surface area contributed by atoms with Crippen molar-refractivity contribution in [2.45, 2.75) is 92.3 Å². The summed E-state index contributed by atoms with van der Waals surface area (Å²) in [5.41, 5.74) is 5.20. The minimum Gasteiger partial charge on any atom is -0.507 e. The lowest BCUT2D eigenvalue weighted by Crippen LogP contribution is -2.49. The highest BCUT2D eigenvalue weighted by Crippen LogP contribution is 2.45. The van der Waals surface area contributed by atoms with E-state index in [1.165, 1.54) is 0 Å². The van der Waals surface area contributed by atoms with Crippen molar-refractivity contribution in [3.8, 4) is 23.0 Å². The molecule has 2 aromatic rings. The molecule has 34 heavy (non-hydrogen) atoms. The third kappa shape index (κ3) is 3.68. The maximum absolute atomic E-state index is 13.2. The molecule has 0 aromatic heterocycles. The molecule has 0 radical (unpaired) electrons. The summed E-state index contributed by atoms with van der Waals surface area (Å²) in [7, 11) is 0. The van der Waals surface area contributed by atoms with Crippen molar-refractivity contribution in [3.63, 3.8) is 0 Å². The number of aromatic hydroxyl groups is 2. The second-order valence-corrected chi connectivity index (χ2v) is 10.5. The Morgan fingerprint density at radius 1 is 0.765 bits per heavy atom. The number of rotatable bonds is 3. The van der Waals surface area contributed by atoms with Crippen LogP contribution in [0.25, 0.3) is 0 Å². The Kier molecular flexibility index (Phi) is 5.78. The van der Waals surface area contributed by atoms with Crippen molar-refractivity contribution >= 4 is 5.97 Å². The molecule has 6 heteroatoms. The first-order chi connectivity index (χ1) is 15.8. The van der Waals surface area contributed by atoms with E-state index >= 15 is 0 Å². The van der Waals surface area contributed by atoms with E-state index in [1.807, 2.05) is 48.5 Å². The van der Waals surface area contributed by atoms with Crippen LogP contribution in [0.15, 0.2) is 0 Å². The Bertz CT molecular complexity index is 1200. The lowest BCUT2D eigenvalue weighted by molar-refractivity contribution is -0.168. The molecule has 4 rings (SSSR count). The number of hydrogen-bond acceptors (Lipinski definition) is 6. The van der Waals surface area contributed by atoms with Crippen LogP contribution in [0.1, 0.15) is 71.2 Å². The Morgan fingerprint density at radius 3 is 1.76 bits per heavy atom. The number of hydrogen-bond donors (Lipinski definition) is 2. The van der Waals surface area contributed by atoms with E-state index in [1.54, 1.807) is 6.92 Å². The summed E-state index contributed by atoms with van der Waals surface area (Å²) in [6.07, 6.45) is 2.52. The van der Waals surface area contributed by atoms with Crippen LogP contribution in [-0.2, 0) is 22.4 Å². The number of carbonyl (C=O) groups excluding carboxylic acids is 1. The summed E-state index contributed by atoms with van der Waals surface area (Å²) >= 11 is 0. The highest BCUT2D eigenvalue weighted by Gasteiger charge is 2.44. The summed E-state index contributed by atoms with van der Waals surface area (Å²) in [5.74, 6) is 1.67. The number of benzene rings is 2. The van der Waals surface area contributed by atoms with Crippen molar-refractivity contribution in [2.75, 3.05) is 6.61 Å². The van der Waals surface area contributed by atoms with Gasteiger partial charge in [-0.25, -0.2) is 4.79 Å². The van der Waals surface area contributed by atoms with Crippen LogP contribution < -0.4 is 9.47 Å². The van der Waals surface area contributed by atoms with Crippen LogP contribution >= 0.6 is 0 Å². The predicted octanol–water partition coefficient (Wildman–Crippen LogP) is 5.36. The van der Waals surface area contributed by atoms with Crippen LogP contribution in [-0.4, -0.2) is 34.0 Å². The highest BCUT2D eigenvalue weighted by molar-refractivity contribution is 5.80. The molecule has 2 aliphatic rings. The van der Waals surface area contributed by atoms with E-state index in [-0.39, 0.29) is 6.61 Å². The third-order valence-corrected chi connectivity index (χ3v) is 8.05. The van der Waals surface area contributed by atoms with Crippen molar-refractivity contribution in [3.05, 3.63) is 44.5 Å². The molecule has 2 aromatic carbocycles. The molecule has 2 heterocycles. The smallest absolute Gasteiger partial charge is 0.350 e. The van der Waals surface area contributed by atoms with Gasteiger partial charge in [0.25, 0.3) is 0 Å². The molecular formula is C28H36O6. The van der Waals surface area contributed by atoms with Crippen LogP contribution in [0.2, 0.25) is 0 Å². The summed E-state index contributed by atoms with van der Waals surface area (Å²) < 4.78 is 18.5. The van der Waals surface area contributed by atoms with Gasteiger partial charge in [-0.1, -0.05) is 0 Å². The number of phenols is 2. The molecule has 0 aliphatic carbocycles. The number of fused-ring (bicyclic) bond motifs is 2. The number of ether oxygens (including phenoxy) is 3. The largest absolute Gasteiger partial charge is 0.507 e. The zero-order valence-corrected chi connectivity index (χ0v) is 21.6. The van der Waals surface area contributed by atoms with Gasteiger partial charge in [0.2, 0.25) is 5.60 Å². The molecule has 0 amide bonds. The topological polar surface area (TPSA) is 85.2 Å². The predicted molar refractivity (Wildman–Crippen MR) is 130 cm³/mol. The van der Waals surface area contributed by atoms with Crippen LogP contribution in [0.4, 0.5) is 0 Å². The minimum atomic E-state index is -1.11. The SMILES string of the molecule is Cc1c(C)c2c(c(C)c1O)CCC(C)(COC(=O)C1(C)CCc3c(C)c(O)c(C)c(C)c3O1)O2. The molecule has 2 N–H and O–H groups in total. The first kappa shape index (κ1) is 24.2. The Morgan fingerprint density at radius 2 is 1.24 bits per heavy atom. The molecule has 2 aliphatic heterocycles. The zero-order valence-electron chi connectivity index (χ0n) is 21.6. The van der Waals surface area contributed by atoms with Gasteiger partial charge in [-0.05, 0) is 108 Å². The fraction of sp³-hybridized carbons (Fsp3) is 0.536. The van der Waals surface area contributed by atoms with Gasteiger partial charge in [-0.15, -0.1) is 0 Å². The van der Waals surface area contributed by atoms with Crippen molar-refractivity contribution in [1.82, 2.24) is 0 Å². The van der Waals surface area contributed by atoms with E-state index in [0.717, 1.165) is 56.7 Å². The van der Waals surface area contributed by atoms with Gasteiger partial charge in [-0.2, -0.15) is 0 Å². The van der Waals surface area contributed by atoms with Crippen LogP contribution in [0, 0.1) is 41.5 Å². The number of phenolic OH excluding ortho intramolecular Hbond substituents is 2. The molecule has 2 atom stereocenters. The maximum Gasteiger partial charge on any atom is 0.350 e. The normalized spacial score (nSPS) is 23.4. The fourth-order valence-corrected chi connectivity index (χ4v) is 5.16. The molecule has 2 unspecified atom stereocenters. The lowest BCUT2D eigenvalue weighted by atomic mass is 9.86. The van der Waals surface area contributed by atoms with Crippen molar-refractivity contribution in [2.24, 2.45) is 0 Å². The van der Waals surface area contributed by atoms with E-state index in [9.17, 15) is 15.0 Å². The molecule has 6 nitrogen and oxygen atoms in total. The second kappa shape index (κ2) is 8.10. The zero-order chi connectivity index (χ0) is 25.2. The van der Waals surface area contributed by atoms with E-state index in [0.29, 0.717) is 36.5 Å². The van der Waals surface area contributed by atoms with Crippen molar-refractivity contribution < 1.29 is 29.2 Å². The van der Waals surface area contributed by atoms with E-state index in [2.05, 4.69) is 0 Å². The van der Waals surface area contributed by atoms with Crippen LogP contribution in [0.5, 0.6) is 23.0 Å². The Balaban J connectivity index is 1.52.